The summed E-state index contributed by atoms with van der Waals surface area (Å²) in [6, 6.07) is 14.4. The minimum atomic E-state index is -4.02. The maximum Gasteiger partial charge on any atom is 0.294 e. The van der Waals surface area contributed by atoms with Crippen molar-refractivity contribution in [2.24, 2.45) is 0 Å². The van der Waals surface area contributed by atoms with Gasteiger partial charge in [-0.1, -0.05) is 49.6 Å². The smallest absolute Gasteiger partial charge is 0.294 e. The number of amides is 1. The highest BCUT2D eigenvalue weighted by molar-refractivity contribution is 7.85. The van der Waals surface area contributed by atoms with Gasteiger partial charge in [0.05, 0.1) is 23.7 Å². The van der Waals surface area contributed by atoms with E-state index in [4.69, 9.17) is 14.4 Å². The van der Waals surface area contributed by atoms with Crippen LogP contribution in [0.3, 0.4) is 0 Å². The van der Waals surface area contributed by atoms with E-state index in [1.807, 2.05) is 36.1 Å². The molecule has 1 fully saturated rings. The Kier molecular flexibility index (Phi) is 8.34. The molecule has 1 amide bonds. The molecule has 0 unspecified atom stereocenters. The van der Waals surface area contributed by atoms with Gasteiger partial charge < -0.3 is 9.64 Å². The Balaban J connectivity index is 0.000000245. The third-order valence-corrected chi connectivity index (χ3v) is 7.94. The van der Waals surface area contributed by atoms with E-state index in [-0.39, 0.29) is 10.8 Å². The van der Waals surface area contributed by atoms with Crippen molar-refractivity contribution >= 4 is 16.0 Å². The number of nitrogens with zero attached hydrogens (tertiary/aromatic N) is 3. The third-order valence-electron chi connectivity index (χ3n) is 7.07. The Morgan fingerprint density at radius 1 is 1.05 bits per heavy atom. The molecule has 198 valence electrons. The average molecular weight is 526 g/mol. The van der Waals surface area contributed by atoms with Gasteiger partial charge in [0.25, 0.3) is 16.0 Å². The molecule has 2 aliphatic rings. The van der Waals surface area contributed by atoms with Crippen molar-refractivity contribution in [3.05, 3.63) is 76.6 Å². The molecule has 0 atom stereocenters. The molecule has 1 N–H and O–H groups in total. The van der Waals surface area contributed by atoms with Crippen LogP contribution in [0.15, 0.2) is 53.4 Å². The predicted molar refractivity (Wildman–Crippen MR) is 142 cm³/mol. The summed E-state index contributed by atoms with van der Waals surface area (Å²) in [5.74, 6) is 0.981. The normalized spacial score (nSPS) is 15.8. The molecule has 1 aliphatic heterocycles. The highest BCUT2D eigenvalue weighted by atomic mass is 32.2. The van der Waals surface area contributed by atoms with Crippen LogP contribution in [0, 0.1) is 6.92 Å². The fraction of sp³-hybridized carbons (Fsp3) is 0.429. The van der Waals surface area contributed by atoms with Crippen LogP contribution in [0.5, 0.6) is 5.75 Å². The lowest BCUT2D eigenvalue weighted by atomic mass is 10.0. The maximum absolute atomic E-state index is 13.3. The van der Waals surface area contributed by atoms with Crippen molar-refractivity contribution in [3.8, 4) is 5.75 Å². The number of aromatic nitrogens is 2. The predicted octanol–water partition coefficient (Wildman–Crippen LogP) is 5.01. The molecule has 0 bridgehead atoms. The van der Waals surface area contributed by atoms with Gasteiger partial charge in [0.2, 0.25) is 0 Å². The van der Waals surface area contributed by atoms with Crippen LogP contribution in [0.1, 0.15) is 71.5 Å². The van der Waals surface area contributed by atoms with E-state index in [0.717, 1.165) is 60.5 Å². The number of hydrogen-bond donors (Lipinski definition) is 1. The standard InChI is InChI=1S/C21H27N3O2.C7H8O3S/c1-3-19-18-12-13-23(14-15-8-10-17(26-2)11-9-15)21(25)20(18)24(22-19)16-6-4-5-7-16;1-6-2-4-7(5-3-6)11(8,9)10/h8-11,16H,3-7,12-14H2,1-2H3;2-5H,1H3,(H,8,9,10). The van der Waals surface area contributed by atoms with Crippen molar-refractivity contribution in [1.82, 2.24) is 14.7 Å². The van der Waals surface area contributed by atoms with E-state index in [1.165, 1.54) is 30.5 Å². The second-order valence-electron chi connectivity index (χ2n) is 9.62. The van der Waals surface area contributed by atoms with E-state index in [9.17, 15) is 13.2 Å². The largest absolute Gasteiger partial charge is 0.497 e. The first-order valence-corrected chi connectivity index (χ1v) is 14.2. The maximum atomic E-state index is 13.3. The van der Waals surface area contributed by atoms with Gasteiger partial charge in [0.15, 0.2) is 0 Å². The van der Waals surface area contributed by atoms with Crippen molar-refractivity contribution in [3.63, 3.8) is 0 Å². The fourth-order valence-corrected chi connectivity index (χ4v) is 5.49. The van der Waals surface area contributed by atoms with Gasteiger partial charge >= 0.3 is 0 Å². The number of carbonyl (C=O) groups is 1. The SMILES string of the molecule is CCc1nn(C2CCCC2)c2c1CCN(Cc1ccc(OC)cc1)C2=O.Cc1ccc(S(=O)(=O)O)cc1. The lowest BCUT2D eigenvalue weighted by Crippen LogP contribution is -2.38. The first-order chi connectivity index (χ1) is 17.7. The van der Waals surface area contributed by atoms with Gasteiger partial charge in [-0.3, -0.25) is 14.0 Å². The first-order valence-electron chi connectivity index (χ1n) is 12.8. The molecular formula is C28H35N3O5S. The Hall–Kier alpha value is -3.17. The van der Waals surface area contributed by atoms with E-state index in [1.54, 1.807) is 19.2 Å². The van der Waals surface area contributed by atoms with Gasteiger partial charge in [0.1, 0.15) is 11.4 Å². The zero-order valence-electron chi connectivity index (χ0n) is 21.7. The topological polar surface area (TPSA) is 102 Å². The van der Waals surface area contributed by atoms with Crippen molar-refractivity contribution in [2.45, 2.75) is 69.9 Å². The summed E-state index contributed by atoms with van der Waals surface area (Å²) in [6.45, 7) is 5.38. The lowest BCUT2D eigenvalue weighted by Gasteiger charge is -2.28. The monoisotopic (exact) mass is 525 g/mol. The molecule has 0 saturated heterocycles. The number of carbonyl (C=O) groups excluding carboxylic acids is 1. The van der Waals surface area contributed by atoms with Crippen molar-refractivity contribution in [2.75, 3.05) is 13.7 Å². The Labute approximate surface area is 219 Å². The summed E-state index contributed by atoms with van der Waals surface area (Å²) in [7, 11) is -2.35. The summed E-state index contributed by atoms with van der Waals surface area (Å²) in [4.78, 5) is 15.2. The number of fused-ring (bicyclic) bond motifs is 1. The summed E-state index contributed by atoms with van der Waals surface area (Å²) in [5.41, 5.74) is 5.25. The second kappa shape index (κ2) is 11.5. The molecule has 8 nitrogen and oxygen atoms in total. The number of rotatable bonds is 6. The number of hydrogen-bond acceptors (Lipinski definition) is 5. The summed E-state index contributed by atoms with van der Waals surface area (Å²) >= 11 is 0. The second-order valence-corrected chi connectivity index (χ2v) is 11.0. The summed E-state index contributed by atoms with van der Waals surface area (Å²) < 4.78 is 36.8. The van der Waals surface area contributed by atoms with E-state index >= 15 is 0 Å². The highest BCUT2D eigenvalue weighted by Gasteiger charge is 2.34. The molecular weight excluding hydrogens is 490 g/mol. The van der Waals surface area contributed by atoms with Crippen LogP contribution >= 0.6 is 0 Å². The van der Waals surface area contributed by atoms with Gasteiger partial charge in [-0.2, -0.15) is 13.5 Å². The van der Waals surface area contributed by atoms with Gasteiger partial charge in [-0.25, -0.2) is 0 Å². The minimum absolute atomic E-state index is 0.0666. The molecule has 1 aromatic heterocycles. The Bertz CT molecular complexity index is 1330. The number of aryl methyl sites for hydroxylation is 2. The van der Waals surface area contributed by atoms with Crippen LogP contribution in [-0.4, -0.2) is 47.2 Å². The molecule has 5 rings (SSSR count). The molecule has 2 aromatic carbocycles. The molecule has 2 heterocycles. The third kappa shape index (κ3) is 6.22. The molecule has 0 radical (unpaired) electrons. The average Bonchev–Trinajstić information content (AvgIpc) is 3.54. The van der Waals surface area contributed by atoms with Gasteiger partial charge in [-0.05, 0) is 62.4 Å². The Morgan fingerprint density at radius 3 is 2.27 bits per heavy atom. The van der Waals surface area contributed by atoms with Crippen molar-refractivity contribution in [1.29, 1.82) is 0 Å². The fourth-order valence-electron chi connectivity index (χ4n) is 5.01. The molecule has 3 aromatic rings. The molecule has 1 aliphatic carbocycles. The zero-order valence-corrected chi connectivity index (χ0v) is 22.5. The summed E-state index contributed by atoms with van der Waals surface area (Å²) in [5, 5.41) is 4.86. The zero-order chi connectivity index (χ0) is 26.6. The van der Waals surface area contributed by atoms with Crippen LogP contribution in [0.2, 0.25) is 0 Å². The molecule has 1 saturated carbocycles. The van der Waals surface area contributed by atoms with Crippen LogP contribution < -0.4 is 4.74 Å². The van der Waals surface area contributed by atoms with Crippen molar-refractivity contribution < 1.29 is 22.5 Å². The number of methoxy groups -OCH3 is 1. The minimum Gasteiger partial charge on any atom is -0.497 e. The Morgan fingerprint density at radius 2 is 1.70 bits per heavy atom. The number of ether oxygens (including phenoxy) is 1. The highest BCUT2D eigenvalue weighted by Crippen LogP contribution is 2.34. The van der Waals surface area contributed by atoms with Crippen LogP contribution in [0.25, 0.3) is 0 Å². The lowest BCUT2D eigenvalue weighted by molar-refractivity contribution is 0.0710. The van der Waals surface area contributed by atoms with Crippen LogP contribution in [-0.2, 0) is 29.5 Å². The van der Waals surface area contributed by atoms with Crippen LogP contribution in [0.4, 0.5) is 0 Å². The number of benzene rings is 2. The molecule has 9 heteroatoms. The van der Waals surface area contributed by atoms with Gasteiger partial charge in [0, 0.05) is 18.7 Å². The first kappa shape index (κ1) is 26.9. The van der Waals surface area contributed by atoms with Gasteiger partial charge in [-0.15, -0.1) is 0 Å². The quantitative estimate of drug-likeness (QED) is 0.454. The summed E-state index contributed by atoms with van der Waals surface area (Å²) in [6.07, 6.45) is 6.57. The van der Waals surface area contributed by atoms with E-state index in [0.29, 0.717) is 12.6 Å². The molecule has 37 heavy (non-hydrogen) atoms. The van der Waals surface area contributed by atoms with E-state index < -0.39 is 10.1 Å². The molecule has 0 spiro atoms. The van der Waals surface area contributed by atoms with E-state index in [2.05, 4.69) is 11.6 Å².